The highest BCUT2D eigenvalue weighted by atomic mass is 35.5. The normalized spacial score (nSPS) is 19.3. The van der Waals surface area contributed by atoms with Crippen molar-refractivity contribution in [3.05, 3.63) is 70.7 Å². The van der Waals surface area contributed by atoms with Gasteiger partial charge in [0.1, 0.15) is 0 Å². The predicted molar refractivity (Wildman–Crippen MR) is 107 cm³/mol. The van der Waals surface area contributed by atoms with Gasteiger partial charge in [-0.2, -0.15) is 0 Å². The number of hydrogen-bond acceptors (Lipinski definition) is 2. The Hall–Kier alpha value is -2.33. The highest BCUT2D eigenvalue weighted by molar-refractivity contribution is 6.30. The molecule has 0 bridgehead atoms. The summed E-state index contributed by atoms with van der Waals surface area (Å²) in [5.74, 6) is 0.177. The first-order valence-electron chi connectivity index (χ1n) is 9.45. The lowest BCUT2D eigenvalue weighted by Gasteiger charge is -2.27. The highest BCUT2D eigenvalue weighted by Gasteiger charge is 2.29. The maximum Gasteiger partial charge on any atom is 0.223 e. The van der Waals surface area contributed by atoms with Gasteiger partial charge in [0.25, 0.3) is 0 Å². The molecule has 2 aromatic rings. The largest absolute Gasteiger partial charge is 0.352 e. The maximum atomic E-state index is 12.4. The number of amides is 2. The van der Waals surface area contributed by atoms with Crippen molar-refractivity contribution in [2.24, 2.45) is 11.8 Å². The van der Waals surface area contributed by atoms with E-state index >= 15 is 0 Å². The molecule has 0 spiro atoms. The molecule has 1 fully saturated rings. The number of carbonyl (C=O) groups excluding carboxylic acids is 2. The molecule has 142 valence electrons. The maximum absolute atomic E-state index is 12.4. The first kappa shape index (κ1) is 19.4. The van der Waals surface area contributed by atoms with Crippen LogP contribution in [0.25, 0.3) is 0 Å². The van der Waals surface area contributed by atoms with E-state index in [1.165, 1.54) is 0 Å². The molecule has 27 heavy (non-hydrogen) atoms. The van der Waals surface area contributed by atoms with E-state index in [1.807, 2.05) is 54.6 Å². The molecule has 5 heteroatoms. The average molecular weight is 385 g/mol. The molecule has 1 aliphatic rings. The lowest BCUT2D eigenvalue weighted by atomic mass is 9.81. The van der Waals surface area contributed by atoms with Crippen LogP contribution in [0.3, 0.4) is 0 Å². The van der Waals surface area contributed by atoms with Crippen molar-refractivity contribution in [2.75, 3.05) is 0 Å². The summed E-state index contributed by atoms with van der Waals surface area (Å²) in [6.07, 6.45) is 3.05. The lowest BCUT2D eigenvalue weighted by molar-refractivity contribution is -0.130. The summed E-state index contributed by atoms with van der Waals surface area (Å²) < 4.78 is 0. The van der Waals surface area contributed by atoms with E-state index in [4.69, 9.17) is 11.6 Å². The summed E-state index contributed by atoms with van der Waals surface area (Å²) in [5.41, 5.74) is 2.13. The first-order valence-corrected chi connectivity index (χ1v) is 9.83. The summed E-state index contributed by atoms with van der Waals surface area (Å²) in [6.45, 7) is 1.06. The van der Waals surface area contributed by atoms with Crippen LogP contribution in [0, 0.1) is 11.8 Å². The fourth-order valence-electron chi connectivity index (χ4n) is 3.48. The quantitative estimate of drug-likeness (QED) is 0.788. The summed E-state index contributed by atoms with van der Waals surface area (Å²) >= 11 is 5.87. The van der Waals surface area contributed by atoms with Crippen LogP contribution in [0.1, 0.15) is 36.8 Å². The van der Waals surface area contributed by atoms with Crippen LogP contribution in [0.2, 0.25) is 5.02 Å². The monoisotopic (exact) mass is 384 g/mol. The second-order valence-electron chi connectivity index (χ2n) is 7.10. The van der Waals surface area contributed by atoms with Crippen LogP contribution in [-0.2, 0) is 22.7 Å². The lowest BCUT2D eigenvalue weighted by Crippen LogP contribution is -2.37. The van der Waals surface area contributed by atoms with E-state index in [2.05, 4.69) is 10.6 Å². The van der Waals surface area contributed by atoms with E-state index in [0.717, 1.165) is 36.8 Å². The van der Waals surface area contributed by atoms with Gasteiger partial charge in [-0.05, 0) is 48.9 Å². The standard InChI is InChI=1S/C22H25ClN2O2/c23-20-12-6-17(7-13-20)15-25-22(27)19-10-8-18(9-11-19)21(26)24-14-16-4-2-1-3-5-16/h1-7,12-13,18-19H,8-11,14-15H2,(H,24,26)(H,25,27). The molecule has 2 amide bonds. The fraction of sp³-hybridized carbons (Fsp3) is 0.364. The Morgan fingerprint density at radius 1 is 0.741 bits per heavy atom. The molecule has 0 atom stereocenters. The van der Waals surface area contributed by atoms with Crippen molar-refractivity contribution >= 4 is 23.4 Å². The van der Waals surface area contributed by atoms with Crippen LogP contribution in [0.4, 0.5) is 0 Å². The van der Waals surface area contributed by atoms with Crippen molar-refractivity contribution < 1.29 is 9.59 Å². The molecule has 1 saturated carbocycles. The van der Waals surface area contributed by atoms with Crippen molar-refractivity contribution in [3.63, 3.8) is 0 Å². The molecular formula is C22H25ClN2O2. The van der Waals surface area contributed by atoms with Crippen molar-refractivity contribution in [1.82, 2.24) is 10.6 Å². The highest BCUT2D eigenvalue weighted by Crippen LogP contribution is 2.29. The Morgan fingerprint density at radius 2 is 1.19 bits per heavy atom. The van der Waals surface area contributed by atoms with E-state index in [0.29, 0.717) is 18.1 Å². The number of halogens is 1. The first-order chi connectivity index (χ1) is 13.1. The molecule has 2 N–H and O–H groups in total. The molecule has 0 unspecified atom stereocenters. The molecule has 3 rings (SSSR count). The van der Waals surface area contributed by atoms with Gasteiger partial charge < -0.3 is 10.6 Å². The van der Waals surface area contributed by atoms with Gasteiger partial charge in [0, 0.05) is 29.9 Å². The molecule has 1 aliphatic carbocycles. The zero-order chi connectivity index (χ0) is 19.1. The molecule has 0 radical (unpaired) electrons. The van der Waals surface area contributed by atoms with Gasteiger partial charge in [-0.15, -0.1) is 0 Å². The van der Waals surface area contributed by atoms with Crippen LogP contribution in [0.15, 0.2) is 54.6 Å². The van der Waals surface area contributed by atoms with Gasteiger partial charge in [-0.1, -0.05) is 54.1 Å². The van der Waals surface area contributed by atoms with E-state index < -0.39 is 0 Å². The van der Waals surface area contributed by atoms with E-state index in [9.17, 15) is 9.59 Å². The molecule has 2 aromatic carbocycles. The van der Waals surface area contributed by atoms with E-state index in [-0.39, 0.29) is 23.7 Å². The van der Waals surface area contributed by atoms with Gasteiger partial charge in [0.2, 0.25) is 11.8 Å². The number of nitrogens with one attached hydrogen (secondary N) is 2. The Balaban J connectivity index is 1.39. The Morgan fingerprint density at radius 3 is 1.67 bits per heavy atom. The van der Waals surface area contributed by atoms with Crippen LogP contribution in [0.5, 0.6) is 0 Å². The Labute approximate surface area is 165 Å². The van der Waals surface area contributed by atoms with Crippen molar-refractivity contribution in [1.29, 1.82) is 0 Å². The smallest absolute Gasteiger partial charge is 0.223 e. The minimum atomic E-state index is -0.00419. The third kappa shape index (κ3) is 5.83. The minimum absolute atomic E-state index is 0.00419. The summed E-state index contributed by atoms with van der Waals surface area (Å²) in [4.78, 5) is 24.8. The molecule has 0 aromatic heterocycles. The van der Waals surface area contributed by atoms with Gasteiger partial charge in [0.05, 0.1) is 0 Å². The second kappa shape index (κ2) is 9.56. The van der Waals surface area contributed by atoms with E-state index in [1.54, 1.807) is 0 Å². The topological polar surface area (TPSA) is 58.2 Å². The molecule has 4 nitrogen and oxygen atoms in total. The van der Waals surface area contributed by atoms with Crippen molar-refractivity contribution in [2.45, 2.75) is 38.8 Å². The van der Waals surface area contributed by atoms with Crippen molar-refractivity contribution in [3.8, 4) is 0 Å². The summed E-state index contributed by atoms with van der Waals surface area (Å²) in [6, 6.07) is 17.4. The minimum Gasteiger partial charge on any atom is -0.352 e. The summed E-state index contributed by atoms with van der Waals surface area (Å²) in [7, 11) is 0. The summed E-state index contributed by atoms with van der Waals surface area (Å²) in [5, 5.41) is 6.70. The fourth-order valence-corrected chi connectivity index (χ4v) is 3.61. The molecule has 0 saturated heterocycles. The zero-order valence-electron chi connectivity index (χ0n) is 15.3. The predicted octanol–water partition coefficient (Wildman–Crippen LogP) is 4.08. The molecule has 0 heterocycles. The molecular weight excluding hydrogens is 360 g/mol. The Bertz CT molecular complexity index is 754. The van der Waals surface area contributed by atoms with Crippen LogP contribution >= 0.6 is 11.6 Å². The van der Waals surface area contributed by atoms with Crippen LogP contribution < -0.4 is 10.6 Å². The SMILES string of the molecule is O=C(NCc1ccccc1)C1CCC(C(=O)NCc2ccc(Cl)cc2)CC1. The number of benzene rings is 2. The number of carbonyl (C=O) groups is 2. The molecule has 0 aliphatic heterocycles. The van der Waals surface area contributed by atoms with Gasteiger partial charge in [-0.25, -0.2) is 0 Å². The Kier molecular flexibility index (Phi) is 6.88. The third-order valence-electron chi connectivity index (χ3n) is 5.16. The number of rotatable bonds is 6. The van der Waals surface area contributed by atoms with Gasteiger partial charge >= 0.3 is 0 Å². The van der Waals surface area contributed by atoms with Gasteiger partial charge in [0.15, 0.2) is 0 Å². The average Bonchev–Trinajstić information content (AvgIpc) is 2.72. The van der Waals surface area contributed by atoms with Gasteiger partial charge in [-0.3, -0.25) is 9.59 Å². The number of hydrogen-bond donors (Lipinski definition) is 2. The second-order valence-corrected chi connectivity index (χ2v) is 7.53. The van der Waals surface area contributed by atoms with Crippen LogP contribution in [-0.4, -0.2) is 11.8 Å². The third-order valence-corrected chi connectivity index (χ3v) is 5.41. The zero-order valence-corrected chi connectivity index (χ0v) is 16.0.